The standard InChI is InChI=1S/C12H20N2O4S/c1-7-5-13-10(19-7)9(16)8(15)6-14-11(17)18-12(2,3)4/h5,8-9,15-16H,6H2,1-4H3,(H,14,17). The molecule has 7 heteroatoms. The molecule has 19 heavy (non-hydrogen) atoms. The van der Waals surface area contributed by atoms with E-state index in [0.29, 0.717) is 5.01 Å². The molecule has 1 amide bonds. The zero-order valence-corrected chi connectivity index (χ0v) is 12.3. The van der Waals surface area contributed by atoms with Crippen LogP contribution in [0.5, 0.6) is 0 Å². The third-order valence-electron chi connectivity index (χ3n) is 2.11. The number of aliphatic hydroxyl groups excluding tert-OH is 2. The molecule has 0 aliphatic heterocycles. The lowest BCUT2D eigenvalue weighted by Gasteiger charge is -2.21. The fourth-order valence-electron chi connectivity index (χ4n) is 1.29. The number of aryl methyl sites for hydroxylation is 1. The Balaban J connectivity index is 2.43. The van der Waals surface area contributed by atoms with Gasteiger partial charge in [-0.15, -0.1) is 11.3 Å². The van der Waals surface area contributed by atoms with Gasteiger partial charge in [0.25, 0.3) is 0 Å². The van der Waals surface area contributed by atoms with Gasteiger partial charge >= 0.3 is 6.09 Å². The summed E-state index contributed by atoms with van der Waals surface area (Å²) in [5.74, 6) is 0. The average molecular weight is 288 g/mol. The molecule has 2 unspecified atom stereocenters. The number of rotatable bonds is 4. The van der Waals surface area contributed by atoms with Gasteiger partial charge in [-0.1, -0.05) is 0 Å². The first-order chi connectivity index (χ1) is 8.69. The number of hydrogen-bond donors (Lipinski definition) is 3. The number of nitrogens with zero attached hydrogens (tertiary/aromatic N) is 1. The fraction of sp³-hybridized carbons (Fsp3) is 0.667. The lowest BCUT2D eigenvalue weighted by atomic mass is 10.2. The van der Waals surface area contributed by atoms with E-state index in [-0.39, 0.29) is 6.54 Å². The maximum absolute atomic E-state index is 11.4. The molecular formula is C12H20N2O4S. The van der Waals surface area contributed by atoms with E-state index in [4.69, 9.17) is 4.74 Å². The van der Waals surface area contributed by atoms with Crippen molar-refractivity contribution in [1.29, 1.82) is 0 Å². The summed E-state index contributed by atoms with van der Waals surface area (Å²) in [5, 5.41) is 22.5. The first-order valence-corrected chi connectivity index (χ1v) is 6.76. The monoisotopic (exact) mass is 288 g/mol. The van der Waals surface area contributed by atoms with Crippen LogP contribution in [0.15, 0.2) is 6.20 Å². The van der Waals surface area contributed by atoms with Crippen LogP contribution in [0.3, 0.4) is 0 Å². The molecule has 3 N–H and O–H groups in total. The fourth-order valence-corrected chi connectivity index (χ4v) is 2.11. The number of thiazole rings is 1. The molecule has 0 saturated heterocycles. The van der Waals surface area contributed by atoms with E-state index in [1.54, 1.807) is 27.0 Å². The Bertz CT molecular complexity index is 428. The highest BCUT2D eigenvalue weighted by atomic mass is 32.1. The summed E-state index contributed by atoms with van der Waals surface area (Å²) >= 11 is 1.30. The molecule has 2 atom stereocenters. The Morgan fingerprint density at radius 1 is 1.53 bits per heavy atom. The topological polar surface area (TPSA) is 91.7 Å². The highest BCUT2D eigenvalue weighted by molar-refractivity contribution is 7.11. The molecule has 0 radical (unpaired) electrons. The second-order valence-corrected chi connectivity index (χ2v) is 6.47. The van der Waals surface area contributed by atoms with Gasteiger partial charge < -0.3 is 20.3 Å². The summed E-state index contributed by atoms with van der Waals surface area (Å²) in [6.07, 6.45) is -1.25. The Hall–Kier alpha value is -1.18. The van der Waals surface area contributed by atoms with Crippen molar-refractivity contribution in [3.05, 3.63) is 16.1 Å². The Labute approximate surface area is 116 Å². The number of hydrogen-bond acceptors (Lipinski definition) is 6. The average Bonchev–Trinajstić information content (AvgIpc) is 2.69. The number of carbonyl (C=O) groups excluding carboxylic acids is 1. The molecule has 0 aliphatic rings. The van der Waals surface area contributed by atoms with Crippen molar-refractivity contribution in [3.63, 3.8) is 0 Å². The van der Waals surface area contributed by atoms with Crippen molar-refractivity contribution in [2.45, 2.75) is 45.5 Å². The summed E-state index contributed by atoms with van der Waals surface area (Å²) in [6, 6.07) is 0. The normalized spacial score (nSPS) is 14.8. The van der Waals surface area contributed by atoms with E-state index in [0.717, 1.165) is 4.88 Å². The third kappa shape index (κ3) is 5.54. The van der Waals surface area contributed by atoms with Crippen LogP contribution in [0.4, 0.5) is 4.79 Å². The van der Waals surface area contributed by atoms with Crippen molar-refractivity contribution in [2.24, 2.45) is 0 Å². The molecule has 0 aliphatic carbocycles. The second-order valence-electron chi connectivity index (χ2n) is 5.20. The number of nitrogens with one attached hydrogen (secondary N) is 1. The molecule has 108 valence electrons. The number of amides is 1. The highest BCUT2D eigenvalue weighted by Gasteiger charge is 2.23. The lowest BCUT2D eigenvalue weighted by molar-refractivity contribution is 0.0128. The molecule has 1 aromatic rings. The van der Waals surface area contributed by atoms with Gasteiger partial charge in [0.15, 0.2) is 0 Å². The summed E-state index contributed by atoms with van der Waals surface area (Å²) < 4.78 is 5.02. The van der Waals surface area contributed by atoms with E-state index in [2.05, 4.69) is 10.3 Å². The number of ether oxygens (including phenoxy) is 1. The van der Waals surface area contributed by atoms with Gasteiger partial charge in [0.05, 0.1) is 0 Å². The molecular weight excluding hydrogens is 268 g/mol. The first-order valence-electron chi connectivity index (χ1n) is 5.94. The van der Waals surface area contributed by atoms with Gasteiger partial charge in [-0.3, -0.25) is 0 Å². The molecule has 1 heterocycles. The highest BCUT2D eigenvalue weighted by Crippen LogP contribution is 2.21. The van der Waals surface area contributed by atoms with Crippen LogP contribution in [0.1, 0.15) is 36.8 Å². The van der Waals surface area contributed by atoms with Crippen molar-refractivity contribution in [3.8, 4) is 0 Å². The number of aromatic nitrogens is 1. The third-order valence-corrected chi connectivity index (χ3v) is 3.09. The number of alkyl carbamates (subject to hydrolysis) is 1. The van der Waals surface area contributed by atoms with E-state index in [1.807, 2.05) is 6.92 Å². The van der Waals surface area contributed by atoms with Gasteiger partial charge in [0, 0.05) is 17.6 Å². The minimum atomic E-state index is -1.13. The molecule has 6 nitrogen and oxygen atoms in total. The molecule has 0 bridgehead atoms. The van der Waals surface area contributed by atoms with Gasteiger partial charge in [-0.25, -0.2) is 9.78 Å². The van der Waals surface area contributed by atoms with Gasteiger partial charge in [-0.2, -0.15) is 0 Å². The minimum absolute atomic E-state index is 0.102. The van der Waals surface area contributed by atoms with E-state index < -0.39 is 23.9 Å². The van der Waals surface area contributed by atoms with Crippen molar-refractivity contribution in [1.82, 2.24) is 10.3 Å². The van der Waals surface area contributed by atoms with Crippen LogP contribution >= 0.6 is 11.3 Å². The van der Waals surface area contributed by atoms with Crippen LogP contribution in [0.2, 0.25) is 0 Å². The Kier molecular flexibility index (Phi) is 5.28. The van der Waals surface area contributed by atoms with E-state index in [1.165, 1.54) is 11.3 Å². The first kappa shape index (κ1) is 15.9. The predicted molar refractivity (Wildman–Crippen MR) is 72.1 cm³/mol. The van der Waals surface area contributed by atoms with Crippen LogP contribution in [-0.2, 0) is 4.74 Å². The predicted octanol–water partition coefficient (Wildman–Crippen LogP) is 1.37. The second kappa shape index (κ2) is 6.31. The summed E-state index contributed by atoms with van der Waals surface area (Å²) in [6.45, 7) is 7.00. The summed E-state index contributed by atoms with van der Waals surface area (Å²) in [5.41, 5.74) is -0.597. The molecule has 0 saturated carbocycles. The quantitative estimate of drug-likeness (QED) is 0.778. The SMILES string of the molecule is Cc1cnc(C(O)C(O)CNC(=O)OC(C)(C)C)s1. The largest absolute Gasteiger partial charge is 0.444 e. The van der Waals surface area contributed by atoms with Gasteiger partial charge in [0.1, 0.15) is 22.8 Å². The number of aliphatic hydroxyl groups is 2. The Morgan fingerprint density at radius 2 is 2.16 bits per heavy atom. The van der Waals surface area contributed by atoms with Crippen LogP contribution in [0.25, 0.3) is 0 Å². The van der Waals surface area contributed by atoms with Gasteiger partial charge in [-0.05, 0) is 27.7 Å². The number of carbonyl (C=O) groups is 1. The molecule has 0 fully saturated rings. The maximum atomic E-state index is 11.4. The van der Waals surface area contributed by atoms with Crippen molar-refractivity contribution < 1.29 is 19.7 Å². The van der Waals surface area contributed by atoms with Crippen molar-refractivity contribution in [2.75, 3.05) is 6.54 Å². The van der Waals surface area contributed by atoms with Crippen LogP contribution < -0.4 is 5.32 Å². The van der Waals surface area contributed by atoms with Crippen LogP contribution in [0, 0.1) is 6.92 Å². The zero-order valence-electron chi connectivity index (χ0n) is 11.5. The molecule has 0 aromatic carbocycles. The summed E-state index contributed by atoms with van der Waals surface area (Å²) in [7, 11) is 0. The van der Waals surface area contributed by atoms with Gasteiger partial charge in [0.2, 0.25) is 0 Å². The maximum Gasteiger partial charge on any atom is 0.407 e. The lowest BCUT2D eigenvalue weighted by Crippen LogP contribution is -2.38. The molecule has 1 rings (SSSR count). The zero-order chi connectivity index (χ0) is 14.6. The smallest absolute Gasteiger partial charge is 0.407 e. The Morgan fingerprint density at radius 3 is 2.63 bits per heavy atom. The van der Waals surface area contributed by atoms with Crippen LogP contribution in [-0.4, -0.2) is 39.5 Å². The molecule has 1 aromatic heterocycles. The van der Waals surface area contributed by atoms with Crippen molar-refractivity contribution >= 4 is 17.4 Å². The van der Waals surface area contributed by atoms with E-state index in [9.17, 15) is 15.0 Å². The minimum Gasteiger partial charge on any atom is -0.444 e. The van der Waals surface area contributed by atoms with E-state index >= 15 is 0 Å². The summed E-state index contributed by atoms with van der Waals surface area (Å²) in [4.78, 5) is 16.3. The molecule has 0 spiro atoms.